The monoisotopic (exact) mass is 144 g/mol. The summed E-state index contributed by atoms with van der Waals surface area (Å²) in [5, 5.41) is 0. The quantitative estimate of drug-likeness (QED) is 0.559. The van der Waals surface area contributed by atoms with Gasteiger partial charge in [-0.15, -0.1) is 0 Å². The summed E-state index contributed by atoms with van der Waals surface area (Å²) in [5.74, 6) is 0. The fourth-order valence-corrected chi connectivity index (χ4v) is 0.842. The number of benzene rings is 1. The first-order chi connectivity index (χ1) is 5.43. The molecule has 0 radical (unpaired) electrons. The molecule has 0 aromatic heterocycles. The molecular formula is C11H12. The van der Waals surface area contributed by atoms with Crippen molar-refractivity contribution in [2.75, 3.05) is 0 Å². The van der Waals surface area contributed by atoms with E-state index in [0.29, 0.717) is 0 Å². The summed E-state index contributed by atoms with van der Waals surface area (Å²) in [6.45, 7) is 2.01. The minimum absolute atomic E-state index is 1.24. The third-order valence-electron chi connectivity index (χ3n) is 1.39. The Balaban J connectivity index is 2.64. The van der Waals surface area contributed by atoms with E-state index >= 15 is 0 Å². The molecule has 1 rings (SSSR count). The zero-order chi connectivity index (χ0) is 7.94. The fourth-order valence-electron chi connectivity index (χ4n) is 0.842. The van der Waals surface area contributed by atoms with Crippen LogP contribution >= 0.6 is 0 Å². The first-order valence-electron chi connectivity index (χ1n) is 3.78. The summed E-state index contributed by atoms with van der Waals surface area (Å²) in [5.41, 5.74) is 1.24. The van der Waals surface area contributed by atoms with Crippen molar-refractivity contribution in [2.24, 2.45) is 0 Å². The predicted octanol–water partition coefficient (Wildman–Crippen LogP) is 3.28. The molecule has 0 amide bonds. The van der Waals surface area contributed by atoms with Crippen molar-refractivity contribution in [1.29, 1.82) is 0 Å². The van der Waals surface area contributed by atoms with Crippen molar-refractivity contribution in [3.05, 3.63) is 54.1 Å². The van der Waals surface area contributed by atoms with Crippen molar-refractivity contribution >= 4 is 6.08 Å². The summed E-state index contributed by atoms with van der Waals surface area (Å²) in [6.07, 6.45) is 8.15. The average molecular weight is 144 g/mol. The third kappa shape index (κ3) is 2.85. The van der Waals surface area contributed by atoms with Crippen molar-refractivity contribution in [1.82, 2.24) is 0 Å². The molecule has 0 aliphatic carbocycles. The summed E-state index contributed by atoms with van der Waals surface area (Å²) in [4.78, 5) is 0. The van der Waals surface area contributed by atoms with E-state index in [9.17, 15) is 0 Å². The molecule has 56 valence electrons. The van der Waals surface area contributed by atoms with E-state index in [-0.39, 0.29) is 0 Å². The van der Waals surface area contributed by atoms with E-state index in [1.807, 2.05) is 43.4 Å². The SMILES string of the molecule is C/C=C\C=C/c1ccccc1. The topological polar surface area (TPSA) is 0 Å². The van der Waals surface area contributed by atoms with Gasteiger partial charge in [0.1, 0.15) is 0 Å². The second-order valence-electron chi connectivity index (χ2n) is 2.30. The van der Waals surface area contributed by atoms with Crippen LogP contribution in [0, 0.1) is 0 Å². The number of rotatable bonds is 2. The van der Waals surface area contributed by atoms with Crippen LogP contribution in [0.4, 0.5) is 0 Å². The molecule has 0 saturated heterocycles. The van der Waals surface area contributed by atoms with E-state index < -0.39 is 0 Å². The van der Waals surface area contributed by atoms with E-state index in [4.69, 9.17) is 0 Å². The van der Waals surface area contributed by atoms with E-state index in [2.05, 4.69) is 18.2 Å². The molecule has 1 aromatic rings. The smallest absolute Gasteiger partial charge is 0.0257 e. The summed E-state index contributed by atoms with van der Waals surface area (Å²) in [7, 11) is 0. The van der Waals surface area contributed by atoms with Crippen LogP contribution in [0.25, 0.3) is 6.08 Å². The molecule has 0 aliphatic rings. The van der Waals surface area contributed by atoms with Crippen LogP contribution in [-0.4, -0.2) is 0 Å². The van der Waals surface area contributed by atoms with Crippen molar-refractivity contribution in [3.8, 4) is 0 Å². The fraction of sp³-hybridized carbons (Fsp3) is 0.0909. The van der Waals surface area contributed by atoms with Crippen LogP contribution in [0.5, 0.6) is 0 Å². The van der Waals surface area contributed by atoms with Crippen LogP contribution in [0.1, 0.15) is 12.5 Å². The second-order valence-corrected chi connectivity index (χ2v) is 2.30. The molecule has 0 N–H and O–H groups in total. The first kappa shape index (κ1) is 7.80. The van der Waals surface area contributed by atoms with Crippen LogP contribution in [-0.2, 0) is 0 Å². The normalized spacial score (nSPS) is 11.4. The molecule has 0 spiro atoms. The minimum Gasteiger partial charge on any atom is -0.0877 e. The van der Waals surface area contributed by atoms with Gasteiger partial charge in [0.25, 0.3) is 0 Å². The highest BCUT2D eigenvalue weighted by atomic mass is 13.8. The Morgan fingerprint density at radius 2 is 1.73 bits per heavy atom. The third-order valence-corrected chi connectivity index (χ3v) is 1.39. The maximum atomic E-state index is 2.08. The summed E-state index contributed by atoms with van der Waals surface area (Å²) < 4.78 is 0. The molecule has 0 nitrogen and oxygen atoms in total. The summed E-state index contributed by atoms with van der Waals surface area (Å²) >= 11 is 0. The van der Waals surface area contributed by atoms with E-state index in [0.717, 1.165) is 0 Å². The Hall–Kier alpha value is -1.30. The Bertz CT molecular complexity index is 242. The van der Waals surface area contributed by atoms with Gasteiger partial charge in [-0.3, -0.25) is 0 Å². The Morgan fingerprint density at radius 1 is 1.00 bits per heavy atom. The molecule has 0 heterocycles. The first-order valence-corrected chi connectivity index (χ1v) is 3.78. The maximum Gasteiger partial charge on any atom is -0.0257 e. The molecular weight excluding hydrogens is 132 g/mol. The molecule has 0 saturated carbocycles. The highest BCUT2D eigenvalue weighted by molar-refractivity contribution is 5.50. The lowest BCUT2D eigenvalue weighted by Crippen LogP contribution is -1.66. The zero-order valence-corrected chi connectivity index (χ0v) is 6.70. The van der Waals surface area contributed by atoms with Gasteiger partial charge in [-0.25, -0.2) is 0 Å². The second kappa shape index (κ2) is 4.51. The lowest BCUT2D eigenvalue weighted by atomic mass is 10.2. The molecule has 1 aromatic carbocycles. The maximum absolute atomic E-state index is 2.08. The Morgan fingerprint density at radius 3 is 2.36 bits per heavy atom. The van der Waals surface area contributed by atoms with Crippen molar-refractivity contribution in [2.45, 2.75) is 6.92 Å². The van der Waals surface area contributed by atoms with Gasteiger partial charge < -0.3 is 0 Å². The van der Waals surface area contributed by atoms with Crippen LogP contribution in [0.3, 0.4) is 0 Å². The van der Waals surface area contributed by atoms with Gasteiger partial charge in [-0.1, -0.05) is 54.6 Å². The average Bonchev–Trinajstić information content (AvgIpc) is 2.07. The number of hydrogen-bond acceptors (Lipinski definition) is 0. The molecule has 0 heteroatoms. The van der Waals surface area contributed by atoms with E-state index in [1.54, 1.807) is 0 Å². The Labute approximate surface area is 67.9 Å². The predicted molar refractivity (Wildman–Crippen MR) is 50.3 cm³/mol. The number of hydrogen-bond donors (Lipinski definition) is 0. The van der Waals surface area contributed by atoms with Crippen molar-refractivity contribution < 1.29 is 0 Å². The molecule has 0 fully saturated rings. The van der Waals surface area contributed by atoms with Crippen LogP contribution < -0.4 is 0 Å². The lowest BCUT2D eigenvalue weighted by Gasteiger charge is -1.87. The standard InChI is InChI=1S/C11H12/c1-2-3-5-8-11-9-6-4-7-10-11/h2-10H,1H3/b3-2-,8-5-. The van der Waals surface area contributed by atoms with E-state index in [1.165, 1.54) is 5.56 Å². The largest absolute Gasteiger partial charge is 0.0877 e. The number of allylic oxidation sites excluding steroid dienone is 3. The van der Waals surface area contributed by atoms with Gasteiger partial charge in [-0.2, -0.15) is 0 Å². The van der Waals surface area contributed by atoms with Gasteiger partial charge in [-0.05, 0) is 12.5 Å². The lowest BCUT2D eigenvalue weighted by molar-refractivity contribution is 1.66. The highest BCUT2D eigenvalue weighted by Gasteiger charge is 1.78. The molecule has 0 unspecified atom stereocenters. The van der Waals surface area contributed by atoms with Gasteiger partial charge in [0.05, 0.1) is 0 Å². The van der Waals surface area contributed by atoms with Gasteiger partial charge in [0.15, 0.2) is 0 Å². The van der Waals surface area contributed by atoms with Gasteiger partial charge in [0, 0.05) is 0 Å². The summed E-state index contributed by atoms with van der Waals surface area (Å²) in [6, 6.07) is 10.3. The molecule has 0 bridgehead atoms. The van der Waals surface area contributed by atoms with Gasteiger partial charge in [0.2, 0.25) is 0 Å². The molecule has 0 aliphatic heterocycles. The minimum atomic E-state index is 1.24. The Kier molecular flexibility index (Phi) is 3.20. The van der Waals surface area contributed by atoms with Gasteiger partial charge >= 0.3 is 0 Å². The van der Waals surface area contributed by atoms with Crippen LogP contribution in [0.15, 0.2) is 48.6 Å². The highest BCUT2D eigenvalue weighted by Crippen LogP contribution is 2.00. The van der Waals surface area contributed by atoms with Crippen LogP contribution in [0.2, 0.25) is 0 Å². The molecule has 11 heavy (non-hydrogen) atoms. The molecule has 0 atom stereocenters. The van der Waals surface area contributed by atoms with Crippen molar-refractivity contribution in [3.63, 3.8) is 0 Å². The zero-order valence-electron chi connectivity index (χ0n) is 6.70.